The van der Waals surface area contributed by atoms with E-state index < -0.39 is 0 Å². The Morgan fingerprint density at radius 2 is 1.76 bits per heavy atom. The minimum absolute atomic E-state index is 0.124. The number of fused-ring (bicyclic) bond motifs is 3. The number of hydrogen-bond acceptors (Lipinski definition) is 2. The Morgan fingerprint density at radius 3 is 2.59 bits per heavy atom. The molecule has 0 atom stereocenters. The van der Waals surface area contributed by atoms with Crippen LogP contribution in [0.1, 0.15) is 0 Å². The normalized spacial score (nSPS) is 10.8. The molecule has 0 N–H and O–H groups in total. The number of nitro benzene ring substituents is 1. The van der Waals surface area contributed by atoms with Crippen LogP contribution in [-0.2, 0) is 0 Å². The van der Waals surface area contributed by atoms with Crippen LogP contribution in [0.25, 0.3) is 21.5 Å². The molecular weight excluding hydrogens is 214 g/mol. The fraction of sp³-hybridized carbons (Fsp3) is 0. The summed E-state index contributed by atoms with van der Waals surface area (Å²) in [5.41, 5.74) is 0.124. The highest BCUT2D eigenvalue weighted by Crippen LogP contribution is 2.27. The van der Waals surface area contributed by atoms with Gasteiger partial charge in [-0.1, -0.05) is 24.3 Å². The van der Waals surface area contributed by atoms with Gasteiger partial charge in [0.05, 0.1) is 4.92 Å². The van der Waals surface area contributed by atoms with Crippen LogP contribution in [0.4, 0.5) is 5.69 Å². The van der Waals surface area contributed by atoms with Gasteiger partial charge in [-0.15, -0.1) is 0 Å². The number of non-ortho nitro benzene ring substituents is 1. The average molecular weight is 222 g/mol. The first-order valence-electron chi connectivity index (χ1n) is 5.23. The van der Waals surface area contributed by atoms with Gasteiger partial charge in [-0.05, 0) is 39.7 Å². The van der Waals surface area contributed by atoms with E-state index in [-0.39, 0.29) is 10.6 Å². The second kappa shape index (κ2) is 3.56. The van der Waals surface area contributed by atoms with E-state index >= 15 is 0 Å². The smallest absolute Gasteiger partial charge is 0.258 e. The van der Waals surface area contributed by atoms with Crippen molar-refractivity contribution in [2.75, 3.05) is 0 Å². The molecule has 0 spiro atoms. The lowest BCUT2D eigenvalue weighted by molar-refractivity contribution is -0.384. The van der Waals surface area contributed by atoms with Gasteiger partial charge in [-0.2, -0.15) is 0 Å². The van der Waals surface area contributed by atoms with Gasteiger partial charge in [0.25, 0.3) is 5.69 Å². The molecule has 3 aromatic rings. The van der Waals surface area contributed by atoms with Crippen molar-refractivity contribution in [3.8, 4) is 0 Å². The van der Waals surface area contributed by atoms with Crippen molar-refractivity contribution in [3.05, 3.63) is 64.7 Å². The second-order valence-electron chi connectivity index (χ2n) is 3.88. The Hall–Kier alpha value is -2.42. The number of benzene rings is 3. The summed E-state index contributed by atoms with van der Waals surface area (Å²) < 4.78 is 0. The molecule has 0 amide bonds. The fourth-order valence-corrected chi connectivity index (χ4v) is 2.05. The lowest BCUT2D eigenvalue weighted by atomic mass is 10.0. The van der Waals surface area contributed by atoms with E-state index in [1.54, 1.807) is 18.2 Å². The van der Waals surface area contributed by atoms with Crippen molar-refractivity contribution >= 4 is 27.2 Å². The van der Waals surface area contributed by atoms with Crippen molar-refractivity contribution in [2.24, 2.45) is 0 Å². The summed E-state index contributed by atoms with van der Waals surface area (Å²) in [6, 6.07) is 17.6. The summed E-state index contributed by atoms with van der Waals surface area (Å²) in [5, 5.41) is 14.8. The van der Waals surface area contributed by atoms with Crippen molar-refractivity contribution in [3.63, 3.8) is 0 Å². The lowest BCUT2D eigenvalue weighted by Crippen LogP contribution is -1.87. The molecule has 0 aliphatic heterocycles. The third kappa shape index (κ3) is 1.52. The van der Waals surface area contributed by atoms with E-state index in [2.05, 4.69) is 6.07 Å². The standard InChI is InChI=1S/C14H8NO2/c16-15(17)12-7-8-14-11(9-12)6-5-10-3-1-2-4-13(10)14/h2-9H. The zero-order valence-corrected chi connectivity index (χ0v) is 8.88. The molecule has 0 aromatic heterocycles. The molecular formula is C14H8NO2. The topological polar surface area (TPSA) is 43.1 Å². The molecule has 3 nitrogen and oxygen atoms in total. The van der Waals surface area contributed by atoms with Crippen molar-refractivity contribution in [1.82, 2.24) is 0 Å². The van der Waals surface area contributed by atoms with Crippen molar-refractivity contribution in [1.29, 1.82) is 0 Å². The van der Waals surface area contributed by atoms with Crippen LogP contribution in [0.2, 0.25) is 0 Å². The van der Waals surface area contributed by atoms with Crippen LogP contribution in [0.3, 0.4) is 0 Å². The Balaban J connectivity index is 2.41. The Morgan fingerprint density at radius 1 is 1.00 bits per heavy atom. The summed E-state index contributed by atoms with van der Waals surface area (Å²) in [7, 11) is 0. The van der Waals surface area contributed by atoms with E-state index in [9.17, 15) is 10.1 Å². The highest BCUT2D eigenvalue weighted by Gasteiger charge is 2.07. The van der Waals surface area contributed by atoms with Gasteiger partial charge < -0.3 is 0 Å². The van der Waals surface area contributed by atoms with Crippen LogP contribution in [0.5, 0.6) is 0 Å². The van der Waals surface area contributed by atoms with Gasteiger partial charge in [0.1, 0.15) is 0 Å². The first kappa shape index (κ1) is 9.78. The molecule has 17 heavy (non-hydrogen) atoms. The molecule has 0 aliphatic rings. The molecule has 0 fully saturated rings. The molecule has 0 aliphatic carbocycles. The maximum absolute atomic E-state index is 10.7. The van der Waals surface area contributed by atoms with Gasteiger partial charge in [0, 0.05) is 12.1 Å². The quantitative estimate of drug-likeness (QED) is 0.358. The predicted molar refractivity (Wildman–Crippen MR) is 66.9 cm³/mol. The van der Waals surface area contributed by atoms with Gasteiger partial charge in [-0.25, -0.2) is 0 Å². The van der Waals surface area contributed by atoms with E-state index in [4.69, 9.17) is 0 Å². The number of hydrogen-bond donors (Lipinski definition) is 0. The molecule has 0 heterocycles. The highest BCUT2D eigenvalue weighted by atomic mass is 16.6. The van der Waals surface area contributed by atoms with E-state index in [1.165, 1.54) is 0 Å². The van der Waals surface area contributed by atoms with Gasteiger partial charge >= 0.3 is 0 Å². The first-order valence-corrected chi connectivity index (χ1v) is 5.23. The summed E-state index contributed by atoms with van der Waals surface area (Å²) in [5.74, 6) is 0. The van der Waals surface area contributed by atoms with Gasteiger partial charge in [0.2, 0.25) is 0 Å². The zero-order chi connectivity index (χ0) is 11.8. The molecule has 3 heteroatoms. The Labute approximate surface area is 97.4 Å². The largest absolute Gasteiger partial charge is 0.270 e. The molecule has 81 valence electrons. The van der Waals surface area contributed by atoms with Gasteiger partial charge in [0.15, 0.2) is 0 Å². The lowest BCUT2D eigenvalue weighted by Gasteiger charge is -2.03. The summed E-state index contributed by atoms with van der Waals surface area (Å²) in [4.78, 5) is 10.3. The molecule has 3 rings (SSSR count). The SMILES string of the molecule is O=[N+]([O-])c1ccc2c(ccc3c[c]ccc32)c1. The van der Waals surface area contributed by atoms with E-state index in [1.807, 2.05) is 30.3 Å². The fourth-order valence-electron chi connectivity index (χ4n) is 2.05. The summed E-state index contributed by atoms with van der Waals surface area (Å²) in [6.45, 7) is 0. The van der Waals surface area contributed by atoms with E-state index in [0.717, 1.165) is 21.5 Å². The Kier molecular flexibility index (Phi) is 2.05. The third-order valence-corrected chi connectivity index (χ3v) is 2.87. The molecule has 3 aromatic carbocycles. The van der Waals surface area contributed by atoms with Crippen molar-refractivity contribution < 1.29 is 4.92 Å². The number of rotatable bonds is 1. The molecule has 0 bridgehead atoms. The predicted octanol–water partition coefficient (Wildman–Crippen LogP) is 3.70. The summed E-state index contributed by atoms with van der Waals surface area (Å²) in [6.07, 6.45) is 0. The molecule has 0 saturated carbocycles. The average Bonchev–Trinajstić information content (AvgIpc) is 2.38. The van der Waals surface area contributed by atoms with Gasteiger partial charge in [-0.3, -0.25) is 10.1 Å². The van der Waals surface area contributed by atoms with Crippen molar-refractivity contribution in [2.45, 2.75) is 0 Å². The maximum atomic E-state index is 10.7. The number of nitro groups is 1. The summed E-state index contributed by atoms with van der Waals surface area (Å²) >= 11 is 0. The molecule has 0 unspecified atom stereocenters. The van der Waals surface area contributed by atoms with Crippen LogP contribution >= 0.6 is 0 Å². The second-order valence-corrected chi connectivity index (χ2v) is 3.88. The molecule has 1 radical (unpaired) electrons. The van der Waals surface area contributed by atoms with Crippen LogP contribution in [0.15, 0.2) is 48.5 Å². The molecule has 0 saturated heterocycles. The monoisotopic (exact) mass is 222 g/mol. The van der Waals surface area contributed by atoms with Crippen LogP contribution < -0.4 is 0 Å². The zero-order valence-electron chi connectivity index (χ0n) is 8.88. The maximum Gasteiger partial charge on any atom is 0.270 e. The van der Waals surface area contributed by atoms with E-state index in [0.29, 0.717) is 0 Å². The third-order valence-electron chi connectivity index (χ3n) is 2.87. The first-order chi connectivity index (χ1) is 8.25. The minimum atomic E-state index is -0.373. The van der Waals surface area contributed by atoms with Crippen LogP contribution in [-0.4, -0.2) is 4.92 Å². The Bertz CT molecular complexity index is 734. The van der Waals surface area contributed by atoms with Crippen LogP contribution in [0, 0.1) is 16.2 Å². The minimum Gasteiger partial charge on any atom is -0.258 e. The highest BCUT2D eigenvalue weighted by molar-refractivity contribution is 6.07. The number of nitrogens with zero attached hydrogens (tertiary/aromatic N) is 1.